The van der Waals surface area contributed by atoms with Crippen LogP contribution in [0.4, 0.5) is 5.69 Å². The van der Waals surface area contributed by atoms with Crippen molar-refractivity contribution in [1.82, 2.24) is 9.97 Å². The maximum atomic E-state index is 12.4. The summed E-state index contributed by atoms with van der Waals surface area (Å²) in [6, 6.07) is 10.8. The van der Waals surface area contributed by atoms with Crippen molar-refractivity contribution in [2.24, 2.45) is 0 Å². The zero-order chi connectivity index (χ0) is 17.1. The SMILES string of the molecule is O=C1OCC2=C1C(c1cccc(O)c1)c1c(ccc3nc(S)[nH]c13)N2. The molecule has 2 aromatic carbocycles. The van der Waals surface area contributed by atoms with Gasteiger partial charge in [0.15, 0.2) is 5.16 Å². The molecule has 0 bridgehead atoms. The highest BCUT2D eigenvalue weighted by atomic mass is 32.1. The number of aromatic nitrogens is 2. The highest BCUT2D eigenvalue weighted by molar-refractivity contribution is 7.80. The van der Waals surface area contributed by atoms with Crippen LogP contribution in [0.15, 0.2) is 52.8 Å². The summed E-state index contributed by atoms with van der Waals surface area (Å²) >= 11 is 4.31. The molecule has 1 unspecified atom stereocenters. The first-order valence-electron chi connectivity index (χ1n) is 7.79. The van der Waals surface area contributed by atoms with E-state index in [0.29, 0.717) is 10.7 Å². The van der Waals surface area contributed by atoms with Crippen molar-refractivity contribution < 1.29 is 14.6 Å². The van der Waals surface area contributed by atoms with Crippen molar-refractivity contribution in [3.63, 3.8) is 0 Å². The lowest BCUT2D eigenvalue weighted by molar-refractivity contribution is -0.136. The number of nitrogens with one attached hydrogen (secondary N) is 2. The van der Waals surface area contributed by atoms with Gasteiger partial charge in [-0.3, -0.25) is 0 Å². The number of rotatable bonds is 1. The summed E-state index contributed by atoms with van der Waals surface area (Å²) in [5, 5.41) is 13.7. The molecule has 3 N–H and O–H groups in total. The minimum Gasteiger partial charge on any atom is -0.508 e. The molecule has 2 aliphatic rings. The number of thiol groups is 1. The Morgan fingerprint density at radius 1 is 1.28 bits per heavy atom. The molecule has 0 fully saturated rings. The molecule has 7 heteroatoms. The number of phenols is 1. The van der Waals surface area contributed by atoms with Gasteiger partial charge in [-0.25, -0.2) is 9.78 Å². The Balaban J connectivity index is 1.85. The van der Waals surface area contributed by atoms with Gasteiger partial charge in [0.05, 0.1) is 22.3 Å². The number of phenolic OH excluding ortho intramolecular Hbond substituents is 1. The van der Waals surface area contributed by atoms with Crippen molar-refractivity contribution in [3.05, 3.63) is 58.8 Å². The van der Waals surface area contributed by atoms with E-state index in [4.69, 9.17) is 4.74 Å². The third kappa shape index (κ3) is 2.05. The molecule has 5 rings (SSSR count). The lowest BCUT2D eigenvalue weighted by Crippen LogP contribution is -2.20. The Bertz CT molecular complexity index is 1090. The molecule has 0 aliphatic carbocycles. The number of imidazole rings is 1. The van der Waals surface area contributed by atoms with Gasteiger partial charge in [0.25, 0.3) is 0 Å². The fourth-order valence-electron chi connectivity index (χ4n) is 3.65. The van der Waals surface area contributed by atoms with Crippen molar-refractivity contribution in [2.75, 3.05) is 11.9 Å². The lowest BCUT2D eigenvalue weighted by atomic mass is 9.80. The molecular formula is C18H13N3O3S. The van der Waals surface area contributed by atoms with E-state index in [-0.39, 0.29) is 24.2 Å². The summed E-state index contributed by atoms with van der Waals surface area (Å²) in [6.07, 6.45) is 0. The van der Waals surface area contributed by atoms with Crippen LogP contribution in [-0.4, -0.2) is 27.7 Å². The lowest BCUT2D eigenvalue weighted by Gasteiger charge is -2.27. The predicted octanol–water partition coefficient (Wildman–Crippen LogP) is 2.93. The first-order chi connectivity index (χ1) is 12.1. The van der Waals surface area contributed by atoms with E-state index in [1.54, 1.807) is 18.2 Å². The average molecular weight is 351 g/mol. The van der Waals surface area contributed by atoms with E-state index in [1.807, 2.05) is 18.2 Å². The number of carbonyl (C=O) groups is 1. The molecule has 0 spiro atoms. The number of nitrogens with zero attached hydrogens (tertiary/aromatic N) is 1. The first kappa shape index (κ1) is 14.4. The maximum absolute atomic E-state index is 12.4. The zero-order valence-electron chi connectivity index (χ0n) is 12.9. The number of aromatic amines is 1. The topological polar surface area (TPSA) is 87.2 Å². The Hall–Kier alpha value is -2.93. The number of aromatic hydroxyl groups is 1. The van der Waals surface area contributed by atoms with Gasteiger partial charge in [-0.2, -0.15) is 0 Å². The highest BCUT2D eigenvalue weighted by Gasteiger charge is 2.39. The number of benzene rings is 2. The number of carbonyl (C=O) groups excluding carboxylic acids is 1. The fourth-order valence-corrected chi connectivity index (χ4v) is 3.87. The molecule has 0 saturated heterocycles. The molecule has 124 valence electrons. The van der Waals surface area contributed by atoms with Gasteiger partial charge in [-0.1, -0.05) is 12.1 Å². The van der Waals surface area contributed by atoms with Crippen LogP contribution < -0.4 is 5.32 Å². The van der Waals surface area contributed by atoms with Gasteiger partial charge in [0.2, 0.25) is 0 Å². The van der Waals surface area contributed by atoms with Crippen LogP contribution >= 0.6 is 12.6 Å². The molecule has 2 aliphatic heterocycles. The fraction of sp³-hybridized carbons (Fsp3) is 0.111. The average Bonchev–Trinajstić information content (AvgIpc) is 3.15. The molecule has 0 radical (unpaired) electrons. The second kappa shape index (κ2) is 5.03. The van der Waals surface area contributed by atoms with Crippen LogP contribution in [0.1, 0.15) is 17.0 Å². The third-order valence-electron chi connectivity index (χ3n) is 4.65. The van der Waals surface area contributed by atoms with Crippen LogP contribution in [0.2, 0.25) is 0 Å². The van der Waals surface area contributed by atoms with Crippen LogP contribution in [0.25, 0.3) is 11.0 Å². The number of H-pyrrole nitrogens is 1. The molecule has 0 amide bonds. The normalized spacial score (nSPS) is 18.8. The van der Waals surface area contributed by atoms with Crippen LogP contribution in [0.3, 0.4) is 0 Å². The summed E-state index contributed by atoms with van der Waals surface area (Å²) in [5.74, 6) is -0.549. The second-order valence-electron chi connectivity index (χ2n) is 6.10. The van der Waals surface area contributed by atoms with Gasteiger partial charge in [0.1, 0.15) is 12.4 Å². The molecular weight excluding hydrogens is 338 g/mol. The van der Waals surface area contributed by atoms with Crippen LogP contribution in [-0.2, 0) is 9.53 Å². The van der Waals surface area contributed by atoms with Gasteiger partial charge in [-0.15, -0.1) is 12.6 Å². The summed E-state index contributed by atoms with van der Waals surface area (Å²) in [7, 11) is 0. The molecule has 1 aromatic heterocycles. The largest absolute Gasteiger partial charge is 0.508 e. The van der Waals surface area contributed by atoms with E-state index in [2.05, 4.69) is 27.9 Å². The Labute approximate surface area is 147 Å². The van der Waals surface area contributed by atoms with E-state index >= 15 is 0 Å². The molecule has 3 aromatic rings. The number of anilines is 1. The van der Waals surface area contributed by atoms with Gasteiger partial charge in [-0.05, 0) is 29.8 Å². The number of hydrogen-bond donors (Lipinski definition) is 4. The summed E-state index contributed by atoms with van der Waals surface area (Å²) in [5.41, 5.74) is 5.51. The van der Waals surface area contributed by atoms with E-state index in [0.717, 1.165) is 33.5 Å². The number of cyclic esters (lactones) is 1. The summed E-state index contributed by atoms with van der Waals surface area (Å²) < 4.78 is 5.25. The maximum Gasteiger partial charge on any atom is 0.337 e. The third-order valence-corrected chi connectivity index (χ3v) is 4.86. The molecule has 6 nitrogen and oxygen atoms in total. The number of hydrogen-bond acceptors (Lipinski definition) is 6. The molecule has 25 heavy (non-hydrogen) atoms. The van der Waals surface area contributed by atoms with E-state index in [9.17, 15) is 9.90 Å². The number of esters is 1. The Morgan fingerprint density at radius 2 is 2.16 bits per heavy atom. The predicted molar refractivity (Wildman–Crippen MR) is 94.9 cm³/mol. The van der Waals surface area contributed by atoms with Crippen LogP contribution in [0, 0.1) is 0 Å². The molecule has 0 saturated carbocycles. The first-order valence-corrected chi connectivity index (χ1v) is 8.24. The van der Waals surface area contributed by atoms with Crippen molar-refractivity contribution in [3.8, 4) is 5.75 Å². The number of ether oxygens (including phenoxy) is 1. The molecule has 1 atom stereocenters. The highest BCUT2D eigenvalue weighted by Crippen LogP contribution is 2.47. The molecule has 3 heterocycles. The summed E-state index contributed by atoms with van der Waals surface area (Å²) in [4.78, 5) is 19.9. The standard InChI is InChI=1S/C18H13N3O3S/c22-9-3-1-2-8(6-9)13-14-10(19-12-7-24-17(23)15(12)13)4-5-11-16(14)21-18(25)20-11/h1-6,13,19,22H,7H2,(H2,20,21,25). The van der Waals surface area contributed by atoms with Gasteiger partial charge in [0, 0.05) is 17.2 Å². The van der Waals surface area contributed by atoms with Gasteiger partial charge >= 0.3 is 5.97 Å². The number of fused-ring (bicyclic) bond motifs is 3. The van der Waals surface area contributed by atoms with Crippen molar-refractivity contribution in [1.29, 1.82) is 0 Å². The Kier molecular flexibility index (Phi) is 2.90. The monoisotopic (exact) mass is 351 g/mol. The minimum absolute atomic E-state index is 0.151. The minimum atomic E-state index is -0.356. The van der Waals surface area contributed by atoms with E-state index in [1.165, 1.54) is 0 Å². The second-order valence-corrected chi connectivity index (χ2v) is 6.53. The van der Waals surface area contributed by atoms with E-state index < -0.39 is 0 Å². The van der Waals surface area contributed by atoms with Crippen molar-refractivity contribution in [2.45, 2.75) is 11.1 Å². The van der Waals surface area contributed by atoms with Crippen LogP contribution in [0.5, 0.6) is 5.75 Å². The quantitative estimate of drug-likeness (QED) is 0.400. The van der Waals surface area contributed by atoms with Crippen molar-refractivity contribution >= 4 is 35.3 Å². The Morgan fingerprint density at radius 3 is 3.00 bits per heavy atom. The smallest absolute Gasteiger partial charge is 0.337 e. The summed E-state index contributed by atoms with van der Waals surface area (Å²) in [6.45, 7) is 0.224. The van der Waals surface area contributed by atoms with Gasteiger partial charge < -0.3 is 20.1 Å². The zero-order valence-corrected chi connectivity index (χ0v) is 13.8.